The van der Waals surface area contributed by atoms with E-state index in [0.29, 0.717) is 5.69 Å². The Labute approximate surface area is 237 Å². The third-order valence-electron chi connectivity index (χ3n) is 5.95. The molecule has 3 aromatic rings. The first-order chi connectivity index (χ1) is 18.0. The second kappa shape index (κ2) is 11.4. The monoisotopic (exact) mass is 571 g/mol. The summed E-state index contributed by atoms with van der Waals surface area (Å²) in [7, 11) is 0. The van der Waals surface area contributed by atoms with Crippen molar-refractivity contribution in [3.8, 4) is 0 Å². The first kappa shape index (κ1) is 28.0. The Hall–Kier alpha value is -3.06. The van der Waals surface area contributed by atoms with E-state index in [-0.39, 0.29) is 5.91 Å². The average molecular weight is 573 g/mol. The van der Waals surface area contributed by atoms with Crippen LogP contribution < -0.4 is 10.2 Å². The van der Waals surface area contributed by atoms with Crippen LogP contribution in [0.1, 0.15) is 43.5 Å². The normalized spacial score (nSPS) is 16.9. The number of hydrogen-bond donors (Lipinski definition) is 1. The van der Waals surface area contributed by atoms with Crippen LogP contribution in [-0.4, -0.2) is 34.3 Å². The van der Waals surface area contributed by atoms with Crippen molar-refractivity contribution in [1.29, 1.82) is 0 Å². The summed E-state index contributed by atoms with van der Waals surface area (Å²) in [6, 6.07) is 26.4. The second-order valence-corrected chi connectivity index (χ2v) is 12.4. The minimum Gasteiger partial charge on any atom is -0.445 e. The highest BCUT2D eigenvalue weighted by molar-refractivity contribution is 6.67. The van der Waals surface area contributed by atoms with Crippen molar-refractivity contribution in [3.05, 3.63) is 102 Å². The van der Waals surface area contributed by atoms with E-state index >= 15 is 0 Å². The Bertz CT molecular complexity index is 1280. The Morgan fingerprint density at radius 2 is 1.39 bits per heavy atom. The fraction of sp³-hybridized carbons (Fsp3) is 0.276. The summed E-state index contributed by atoms with van der Waals surface area (Å²) in [5, 5.41) is 2.82. The number of nitrogens with one attached hydrogen (secondary N) is 1. The van der Waals surface area contributed by atoms with Gasteiger partial charge in [-0.3, -0.25) is 20.0 Å². The standard InChI is InChI=1S/C29H28Cl3N3O3/c1-28(2,3)26(36)35-22-17-11-10-16-21(22)24(25(35)34-27(37)38-18-29(30,31)32)33-23(19-12-6-4-7-13-19)20-14-8-5-9-15-20/h4-17,24-25H,18H2,1-3H3,(H,34,37)/t24-,25-/m1/s1. The second-order valence-electron chi connectivity index (χ2n) is 9.92. The molecule has 0 aromatic heterocycles. The molecule has 2 amide bonds. The minimum atomic E-state index is -1.78. The number of carbonyl (C=O) groups excluding carboxylic acids is 2. The number of aliphatic imine (C=N–C) groups is 1. The van der Waals surface area contributed by atoms with Gasteiger partial charge >= 0.3 is 6.09 Å². The number of rotatable bonds is 5. The summed E-state index contributed by atoms with van der Waals surface area (Å²) in [6.07, 6.45) is -1.72. The predicted molar refractivity (Wildman–Crippen MR) is 153 cm³/mol. The van der Waals surface area contributed by atoms with E-state index in [0.717, 1.165) is 22.4 Å². The fourth-order valence-electron chi connectivity index (χ4n) is 4.26. The predicted octanol–water partition coefficient (Wildman–Crippen LogP) is 7.08. The number of para-hydroxylation sites is 1. The summed E-state index contributed by atoms with van der Waals surface area (Å²) in [5.74, 6) is -0.185. The van der Waals surface area contributed by atoms with Gasteiger partial charge < -0.3 is 4.74 Å². The number of amides is 2. The molecular formula is C29H28Cl3N3O3. The molecule has 0 aliphatic carbocycles. The van der Waals surface area contributed by atoms with Gasteiger partial charge in [0.15, 0.2) is 0 Å². The first-order valence-electron chi connectivity index (χ1n) is 12.1. The van der Waals surface area contributed by atoms with Gasteiger partial charge in [0.25, 0.3) is 0 Å². The van der Waals surface area contributed by atoms with Crippen molar-refractivity contribution in [2.24, 2.45) is 10.4 Å². The highest BCUT2D eigenvalue weighted by atomic mass is 35.6. The van der Waals surface area contributed by atoms with E-state index < -0.39 is 34.1 Å². The summed E-state index contributed by atoms with van der Waals surface area (Å²) < 4.78 is 3.40. The number of anilines is 1. The van der Waals surface area contributed by atoms with Crippen molar-refractivity contribution in [2.75, 3.05) is 11.5 Å². The number of fused-ring (bicyclic) bond motifs is 1. The van der Waals surface area contributed by atoms with Crippen LogP contribution in [0.5, 0.6) is 0 Å². The Kier molecular flexibility index (Phi) is 8.36. The van der Waals surface area contributed by atoms with Crippen molar-refractivity contribution in [1.82, 2.24) is 5.32 Å². The van der Waals surface area contributed by atoms with E-state index in [2.05, 4.69) is 5.32 Å². The van der Waals surface area contributed by atoms with Crippen molar-refractivity contribution in [2.45, 2.75) is 36.8 Å². The van der Waals surface area contributed by atoms with E-state index in [9.17, 15) is 9.59 Å². The molecule has 198 valence electrons. The van der Waals surface area contributed by atoms with Crippen LogP contribution >= 0.6 is 34.8 Å². The van der Waals surface area contributed by atoms with Crippen LogP contribution in [0.2, 0.25) is 0 Å². The van der Waals surface area contributed by atoms with Crippen molar-refractivity contribution in [3.63, 3.8) is 0 Å². The molecule has 0 unspecified atom stereocenters. The van der Waals surface area contributed by atoms with E-state index in [1.165, 1.54) is 0 Å². The third kappa shape index (κ3) is 6.49. The van der Waals surface area contributed by atoms with Crippen LogP contribution in [0.4, 0.5) is 10.5 Å². The lowest BCUT2D eigenvalue weighted by Gasteiger charge is -2.33. The van der Waals surface area contributed by atoms with Gasteiger partial charge in [0.05, 0.1) is 11.4 Å². The number of benzene rings is 3. The topological polar surface area (TPSA) is 71.0 Å². The van der Waals surface area contributed by atoms with Gasteiger partial charge in [-0.05, 0) is 6.07 Å². The molecule has 2 atom stereocenters. The van der Waals surface area contributed by atoms with Gasteiger partial charge in [0.2, 0.25) is 9.70 Å². The molecule has 0 fully saturated rings. The lowest BCUT2D eigenvalue weighted by molar-refractivity contribution is -0.126. The fourth-order valence-corrected chi connectivity index (χ4v) is 4.42. The zero-order chi connectivity index (χ0) is 27.5. The molecule has 1 heterocycles. The largest absolute Gasteiger partial charge is 0.445 e. The number of hydrogen-bond acceptors (Lipinski definition) is 4. The van der Waals surface area contributed by atoms with E-state index in [1.54, 1.807) is 4.90 Å². The highest BCUT2D eigenvalue weighted by Crippen LogP contribution is 2.43. The molecule has 4 rings (SSSR count). The number of carbonyl (C=O) groups is 2. The lowest BCUT2D eigenvalue weighted by Crippen LogP contribution is -2.53. The molecule has 3 aromatic carbocycles. The van der Waals surface area contributed by atoms with Gasteiger partial charge in [-0.15, -0.1) is 0 Å². The van der Waals surface area contributed by atoms with E-state index in [4.69, 9.17) is 44.5 Å². The minimum absolute atomic E-state index is 0.185. The maximum Gasteiger partial charge on any atom is 0.408 e. The van der Waals surface area contributed by atoms with Crippen LogP contribution in [0.15, 0.2) is 89.9 Å². The van der Waals surface area contributed by atoms with Crippen LogP contribution in [0, 0.1) is 5.41 Å². The molecular weight excluding hydrogens is 545 g/mol. The van der Waals surface area contributed by atoms with E-state index in [1.807, 2.05) is 106 Å². The quantitative estimate of drug-likeness (QED) is 0.262. The molecule has 0 bridgehead atoms. The van der Waals surface area contributed by atoms with Crippen LogP contribution in [0.25, 0.3) is 0 Å². The van der Waals surface area contributed by atoms with Gasteiger partial charge in [-0.2, -0.15) is 0 Å². The Morgan fingerprint density at radius 1 is 0.868 bits per heavy atom. The van der Waals surface area contributed by atoms with Crippen LogP contribution in [0.3, 0.4) is 0 Å². The number of alkyl halides is 3. The molecule has 6 nitrogen and oxygen atoms in total. The highest BCUT2D eigenvalue weighted by Gasteiger charge is 2.46. The van der Waals surface area contributed by atoms with Crippen molar-refractivity contribution >= 4 is 58.2 Å². The Balaban J connectivity index is 1.85. The summed E-state index contributed by atoms with van der Waals surface area (Å²) >= 11 is 17.3. The molecule has 0 saturated heterocycles. The molecule has 0 radical (unpaired) electrons. The smallest absolute Gasteiger partial charge is 0.408 e. The van der Waals surface area contributed by atoms with Crippen LogP contribution in [-0.2, 0) is 9.53 Å². The summed E-state index contributed by atoms with van der Waals surface area (Å²) in [4.78, 5) is 33.4. The first-order valence-corrected chi connectivity index (χ1v) is 13.2. The maximum absolute atomic E-state index is 13.7. The molecule has 0 saturated carbocycles. The third-order valence-corrected chi connectivity index (χ3v) is 6.28. The number of nitrogens with zero attached hydrogens (tertiary/aromatic N) is 2. The number of halogens is 3. The van der Waals surface area contributed by atoms with Gasteiger partial charge in [0.1, 0.15) is 18.8 Å². The lowest BCUT2D eigenvalue weighted by atomic mass is 9.94. The molecule has 38 heavy (non-hydrogen) atoms. The van der Waals surface area contributed by atoms with Crippen molar-refractivity contribution < 1.29 is 14.3 Å². The molecule has 1 aliphatic heterocycles. The molecule has 1 N–H and O–H groups in total. The SMILES string of the molecule is CC(C)(C)C(=O)N1c2ccccc2[C@@H](N=C(c2ccccc2)c2ccccc2)[C@@H]1NC(=O)OCC(Cl)(Cl)Cl. The number of alkyl carbamates (subject to hydrolysis) is 1. The molecule has 1 aliphatic rings. The maximum atomic E-state index is 13.7. The number of ether oxygens (including phenoxy) is 1. The molecule has 9 heteroatoms. The zero-order valence-electron chi connectivity index (χ0n) is 21.2. The molecule has 0 spiro atoms. The zero-order valence-corrected chi connectivity index (χ0v) is 23.5. The average Bonchev–Trinajstić information content (AvgIpc) is 3.18. The van der Waals surface area contributed by atoms with Gasteiger partial charge in [-0.25, -0.2) is 4.79 Å². The van der Waals surface area contributed by atoms with Gasteiger partial charge in [0, 0.05) is 22.1 Å². The summed E-state index contributed by atoms with van der Waals surface area (Å²) in [6.45, 7) is 5.02. The Morgan fingerprint density at radius 3 is 1.92 bits per heavy atom. The van der Waals surface area contributed by atoms with Gasteiger partial charge in [-0.1, -0.05) is 134 Å². The summed E-state index contributed by atoms with van der Waals surface area (Å²) in [5.41, 5.74) is 3.23.